The van der Waals surface area contributed by atoms with Crippen LogP contribution in [0.3, 0.4) is 0 Å². The number of nitrogens with zero attached hydrogens (tertiary/aromatic N) is 3. The van der Waals surface area contributed by atoms with E-state index >= 15 is 0 Å². The van der Waals surface area contributed by atoms with Gasteiger partial charge in [-0.05, 0) is 31.2 Å². The van der Waals surface area contributed by atoms with Crippen LogP contribution in [0.2, 0.25) is 0 Å². The molecule has 0 spiro atoms. The summed E-state index contributed by atoms with van der Waals surface area (Å²) in [5.74, 6) is -0.349. The molecule has 0 bridgehead atoms. The predicted molar refractivity (Wildman–Crippen MR) is 96.1 cm³/mol. The van der Waals surface area contributed by atoms with E-state index in [1.165, 1.54) is 10.4 Å². The molecule has 9 heteroatoms. The van der Waals surface area contributed by atoms with Gasteiger partial charge in [-0.15, -0.1) is 11.3 Å². The molecule has 3 heterocycles. The first kappa shape index (κ1) is 18.1. The second-order valence-corrected chi connectivity index (χ2v) is 9.04. The van der Waals surface area contributed by atoms with Gasteiger partial charge in [0.15, 0.2) is 0 Å². The van der Waals surface area contributed by atoms with Gasteiger partial charge < -0.3 is 9.88 Å². The molecule has 0 saturated carbocycles. The van der Waals surface area contributed by atoms with Gasteiger partial charge in [-0.3, -0.25) is 4.79 Å². The lowest BCUT2D eigenvalue weighted by atomic mass is 10.2. The van der Waals surface area contributed by atoms with Gasteiger partial charge in [-0.1, -0.05) is 6.42 Å². The van der Waals surface area contributed by atoms with Crippen LogP contribution >= 0.6 is 11.3 Å². The third kappa shape index (κ3) is 4.10. The highest BCUT2D eigenvalue weighted by Gasteiger charge is 2.31. The molecule has 3 rings (SSSR count). The van der Waals surface area contributed by atoms with Crippen LogP contribution in [0.1, 0.15) is 35.9 Å². The molecule has 25 heavy (non-hydrogen) atoms. The van der Waals surface area contributed by atoms with Gasteiger partial charge in [-0.2, -0.15) is 4.31 Å². The molecule has 1 aliphatic rings. The zero-order chi connectivity index (χ0) is 17.9. The Morgan fingerprint density at radius 3 is 2.80 bits per heavy atom. The lowest BCUT2D eigenvalue weighted by Gasteiger charge is -2.26. The summed E-state index contributed by atoms with van der Waals surface area (Å²) in [7, 11) is -3.61. The summed E-state index contributed by atoms with van der Waals surface area (Å²) in [5, 5.41) is 4.53. The molecular formula is C16H22N4O3S2. The van der Waals surface area contributed by atoms with Crippen LogP contribution in [0.4, 0.5) is 0 Å². The molecule has 1 amide bonds. The van der Waals surface area contributed by atoms with Crippen molar-refractivity contribution < 1.29 is 13.2 Å². The molecule has 7 nitrogen and oxygen atoms in total. The van der Waals surface area contributed by atoms with Gasteiger partial charge in [0.1, 0.15) is 9.77 Å². The Morgan fingerprint density at radius 2 is 2.12 bits per heavy atom. The van der Waals surface area contributed by atoms with E-state index in [1.807, 2.05) is 17.7 Å². The van der Waals surface area contributed by atoms with Gasteiger partial charge in [0.2, 0.25) is 10.0 Å². The predicted octanol–water partition coefficient (Wildman–Crippen LogP) is 1.94. The monoisotopic (exact) mass is 382 g/mol. The van der Waals surface area contributed by atoms with Crippen molar-refractivity contribution >= 4 is 27.3 Å². The Kier molecular flexibility index (Phi) is 5.55. The highest BCUT2D eigenvalue weighted by atomic mass is 32.2. The molecule has 1 unspecified atom stereocenters. The maximum Gasteiger partial charge on any atom is 0.263 e. The molecule has 0 radical (unpaired) electrons. The maximum absolute atomic E-state index is 12.9. The quantitative estimate of drug-likeness (QED) is 0.827. The Morgan fingerprint density at radius 1 is 1.36 bits per heavy atom. The van der Waals surface area contributed by atoms with Crippen LogP contribution in [0.15, 0.2) is 35.1 Å². The van der Waals surface area contributed by atoms with Crippen molar-refractivity contribution in [2.75, 3.05) is 13.1 Å². The smallest absolute Gasteiger partial charge is 0.263 e. The zero-order valence-electron chi connectivity index (χ0n) is 14.1. The van der Waals surface area contributed by atoms with Crippen LogP contribution in [0.5, 0.6) is 0 Å². The van der Waals surface area contributed by atoms with Crippen molar-refractivity contribution in [2.45, 2.75) is 43.7 Å². The molecule has 2 aromatic rings. The minimum atomic E-state index is -3.61. The number of carbonyl (C=O) groups excluding carboxylic acids is 1. The van der Waals surface area contributed by atoms with Gasteiger partial charge in [0, 0.05) is 38.1 Å². The molecule has 1 N–H and O–H groups in total. The number of carbonyl (C=O) groups is 1. The summed E-state index contributed by atoms with van der Waals surface area (Å²) >= 11 is 1.16. The van der Waals surface area contributed by atoms with E-state index in [-0.39, 0.29) is 21.7 Å². The van der Waals surface area contributed by atoms with Crippen molar-refractivity contribution in [3.05, 3.63) is 35.0 Å². The van der Waals surface area contributed by atoms with Crippen LogP contribution in [0.25, 0.3) is 0 Å². The second kappa shape index (κ2) is 7.67. The van der Waals surface area contributed by atoms with Gasteiger partial charge >= 0.3 is 0 Å². The number of thiophene rings is 1. The van der Waals surface area contributed by atoms with Crippen LogP contribution in [0, 0.1) is 0 Å². The molecule has 0 aromatic carbocycles. The number of sulfonamides is 1. The molecule has 1 atom stereocenters. The number of rotatable bonds is 6. The van der Waals surface area contributed by atoms with Crippen molar-refractivity contribution in [3.63, 3.8) is 0 Å². The summed E-state index contributed by atoms with van der Waals surface area (Å²) in [6, 6.07) is 1.39. The number of hydrogen-bond acceptors (Lipinski definition) is 5. The van der Waals surface area contributed by atoms with E-state index in [9.17, 15) is 13.2 Å². The topological polar surface area (TPSA) is 84.3 Å². The average Bonchev–Trinajstić information content (AvgIpc) is 3.27. The highest BCUT2D eigenvalue weighted by Crippen LogP contribution is 2.27. The van der Waals surface area contributed by atoms with Crippen molar-refractivity contribution in [1.29, 1.82) is 0 Å². The van der Waals surface area contributed by atoms with Crippen molar-refractivity contribution in [3.8, 4) is 0 Å². The second-order valence-electron chi connectivity index (χ2n) is 6.21. The molecule has 2 aromatic heterocycles. The van der Waals surface area contributed by atoms with Crippen LogP contribution in [-0.2, 0) is 16.6 Å². The van der Waals surface area contributed by atoms with Gasteiger partial charge in [-0.25, -0.2) is 13.4 Å². The number of imidazole rings is 1. The van der Waals surface area contributed by atoms with Crippen molar-refractivity contribution in [2.24, 2.45) is 0 Å². The zero-order valence-corrected chi connectivity index (χ0v) is 15.7. The van der Waals surface area contributed by atoms with Crippen molar-refractivity contribution in [1.82, 2.24) is 19.2 Å². The standard InChI is InChI=1S/C16H22N4O3S2/c1-13(11-19-9-6-17-12-19)18-16(21)15-14(5-10-24-15)25(22,23)20-7-3-2-4-8-20/h5-6,9-10,12-13H,2-4,7-8,11H2,1H3,(H,18,21). The molecule has 0 aliphatic carbocycles. The Balaban J connectivity index is 1.73. The van der Waals surface area contributed by atoms with Crippen LogP contribution in [-0.4, -0.2) is 47.3 Å². The molecule has 1 fully saturated rings. The van der Waals surface area contributed by atoms with E-state index < -0.39 is 10.0 Å². The third-order valence-electron chi connectivity index (χ3n) is 4.19. The average molecular weight is 383 g/mol. The molecular weight excluding hydrogens is 360 g/mol. The SMILES string of the molecule is CC(Cn1ccnc1)NC(=O)c1sccc1S(=O)(=O)N1CCCCC1. The largest absolute Gasteiger partial charge is 0.347 e. The Labute approximate surface area is 151 Å². The summed E-state index contributed by atoms with van der Waals surface area (Å²) in [4.78, 5) is 16.9. The van der Waals surface area contributed by atoms with E-state index in [4.69, 9.17) is 0 Å². The van der Waals surface area contributed by atoms with E-state index in [0.717, 1.165) is 30.6 Å². The van der Waals surface area contributed by atoms with E-state index in [1.54, 1.807) is 17.9 Å². The Bertz CT molecular complexity index is 808. The summed E-state index contributed by atoms with van der Waals surface area (Å²) < 4.78 is 29.1. The fourth-order valence-corrected chi connectivity index (χ4v) is 5.78. The highest BCUT2D eigenvalue weighted by molar-refractivity contribution is 7.89. The molecule has 136 valence electrons. The fourth-order valence-electron chi connectivity index (χ4n) is 2.96. The first-order valence-corrected chi connectivity index (χ1v) is 10.6. The van der Waals surface area contributed by atoms with Gasteiger partial charge in [0.05, 0.1) is 6.33 Å². The van der Waals surface area contributed by atoms with Crippen LogP contribution < -0.4 is 5.32 Å². The fraction of sp³-hybridized carbons (Fsp3) is 0.500. The normalized spacial score (nSPS) is 17.3. The number of hydrogen-bond donors (Lipinski definition) is 1. The number of aromatic nitrogens is 2. The number of piperidine rings is 1. The lowest BCUT2D eigenvalue weighted by Crippen LogP contribution is -2.38. The van der Waals surface area contributed by atoms with Gasteiger partial charge in [0.25, 0.3) is 5.91 Å². The summed E-state index contributed by atoms with van der Waals surface area (Å²) in [6.45, 7) is 3.50. The lowest BCUT2D eigenvalue weighted by molar-refractivity contribution is 0.0937. The third-order valence-corrected chi connectivity index (χ3v) is 7.17. The Hall–Kier alpha value is -1.71. The molecule has 1 aliphatic heterocycles. The maximum atomic E-state index is 12.9. The summed E-state index contributed by atoms with van der Waals surface area (Å²) in [5.41, 5.74) is 0. The van der Waals surface area contributed by atoms with E-state index in [0.29, 0.717) is 19.6 Å². The molecule has 1 saturated heterocycles. The minimum Gasteiger partial charge on any atom is -0.347 e. The minimum absolute atomic E-state index is 0.117. The number of nitrogens with one attached hydrogen (secondary N) is 1. The first-order valence-electron chi connectivity index (χ1n) is 8.33. The van der Waals surface area contributed by atoms with E-state index in [2.05, 4.69) is 10.3 Å². The first-order chi connectivity index (χ1) is 12.0. The summed E-state index contributed by atoms with van der Waals surface area (Å²) in [6.07, 6.45) is 7.96. The number of amides is 1.